The molecular formula is C19H28N2O2. The SMILES string of the molecule is C[C@@H]1CCO[C@@H]1C(=O)N[C@H](C)[C@@H]1CCN(Cc2ccccc2)C1. The molecule has 2 aliphatic rings. The minimum Gasteiger partial charge on any atom is -0.368 e. The van der Waals surface area contributed by atoms with Crippen molar-refractivity contribution in [1.29, 1.82) is 0 Å². The van der Waals surface area contributed by atoms with E-state index in [1.807, 2.05) is 0 Å². The van der Waals surface area contributed by atoms with Crippen molar-refractivity contribution >= 4 is 5.91 Å². The van der Waals surface area contributed by atoms with E-state index in [9.17, 15) is 4.79 Å². The number of amides is 1. The molecular weight excluding hydrogens is 288 g/mol. The molecule has 1 aromatic carbocycles. The number of likely N-dealkylation sites (tertiary alicyclic amines) is 1. The molecule has 0 unspecified atom stereocenters. The van der Waals surface area contributed by atoms with Gasteiger partial charge in [0, 0.05) is 25.7 Å². The number of hydrogen-bond acceptors (Lipinski definition) is 3. The van der Waals surface area contributed by atoms with Crippen molar-refractivity contribution in [2.45, 2.75) is 45.4 Å². The summed E-state index contributed by atoms with van der Waals surface area (Å²) in [4.78, 5) is 14.8. The van der Waals surface area contributed by atoms with Gasteiger partial charge in [-0.2, -0.15) is 0 Å². The molecule has 0 spiro atoms. The molecule has 4 atom stereocenters. The summed E-state index contributed by atoms with van der Waals surface area (Å²) in [6.07, 6.45) is 1.88. The Balaban J connectivity index is 1.47. The van der Waals surface area contributed by atoms with E-state index < -0.39 is 0 Å². The van der Waals surface area contributed by atoms with Gasteiger partial charge in [0.15, 0.2) is 0 Å². The van der Waals surface area contributed by atoms with Crippen LogP contribution in [0.5, 0.6) is 0 Å². The summed E-state index contributed by atoms with van der Waals surface area (Å²) in [5, 5.41) is 3.19. The molecule has 1 aromatic rings. The normalized spacial score (nSPS) is 29.6. The second-order valence-corrected chi connectivity index (χ2v) is 7.12. The highest BCUT2D eigenvalue weighted by molar-refractivity contribution is 5.81. The minimum atomic E-state index is -0.251. The quantitative estimate of drug-likeness (QED) is 0.907. The van der Waals surface area contributed by atoms with E-state index in [0.29, 0.717) is 18.4 Å². The standard InChI is InChI=1S/C19H28N2O2/c1-14-9-11-23-18(14)19(22)20-15(2)17-8-10-21(13-17)12-16-6-4-3-5-7-16/h3-7,14-15,17-18H,8-13H2,1-2H3,(H,20,22)/t14-,15-,17-,18+/m1/s1. The zero-order chi connectivity index (χ0) is 16.2. The third-order valence-electron chi connectivity index (χ3n) is 5.28. The lowest BCUT2D eigenvalue weighted by Gasteiger charge is -2.24. The van der Waals surface area contributed by atoms with E-state index in [0.717, 1.165) is 32.5 Å². The second-order valence-electron chi connectivity index (χ2n) is 7.12. The molecule has 1 N–H and O–H groups in total. The van der Waals surface area contributed by atoms with Crippen molar-refractivity contribution in [3.05, 3.63) is 35.9 Å². The molecule has 23 heavy (non-hydrogen) atoms. The van der Waals surface area contributed by atoms with Crippen LogP contribution in [0.25, 0.3) is 0 Å². The smallest absolute Gasteiger partial charge is 0.249 e. The maximum Gasteiger partial charge on any atom is 0.249 e. The number of nitrogens with one attached hydrogen (secondary N) is 1. The Bertz CT molecular complexity index is 519. The Kier molecular flexibility index (Phi) is 5.34. The Morgan fingerprint density at radius 1 is 1.35 bits per heavy atom. The number of carbonyl (C=O) groups is 1. The van der Waals surface area contributed by atoms with Crippen LogP contribution in [0.4, 0.5) is 0 Å². The van der Waals surface area contributed by atoms with Gasteiger partial charge in [-0.15, -0.1) is 0 Å². The molecule has 2 aliphatic heterocycles. The van der Waals surface area contributed by atoms with Crippen LogP contribution in [0, 0.1) is 11.8 Å². The molecule has 0 radical (unpaired) electrons. The van der Waals surface area contributed by atoms with Gasteiger partial charge in [-0.1, -0.05) is 37.3 Å². The van der Waals surface area contributed by atoms with Crippen LogP contribution >= 0.6 is 0 Å². The first-order valence-electron chi connectivity index (χ1n) is 8.81. The van der Waals surface area contributed by atoms with E-state index in [1.165, 1.54) is 5.56 Å². The molecule has 0 aliphatic carbocycles. The van der Waals surface area contributed by atoms with Crippen LogP contribution in [-0.4, -0.2) is 42.6 Å². The summed E-state index contributed by atoms with van der Waals surface area (Å²) >= 11 is 0. The van der Waals surface area contributed by atoms with E-state index in [-0.39, 0.29) is 18.1 Å². The first-order valence-corrected chi connectivity index (χ1v) is 8.81. The lowest BCUT2D eigenvalue weighted by Crippen LogP contribution is -2.45. The molecule has 2 heterocycles. The number of nitrogens with zero attached hydrogens (tertiary/aromatic N) is 1. The summed E-state index contributed by atoms with van der Waals surface area (Å²) in [5.41, 5.74) is 1.36. The van der Waals surface area contributed by atoms with Crippen molar-refractivity contribution in [1.82, 2.24) is 10.2 Å². The number of ether oxygens (including phenoxy) is 1. The molecule has 0 saturated carbocycles. The van der Waals surface area contributed by atoms with Gasteiger partial charge >= 0.3 is 0 Å². The highest BCUT2D eigenvalue weighted by Crippen LogP contribution is 2.23. The molecule has 0 aromatic heterocycles. The van der Waals surface area contributed by atoms with Gasteiger partial charge in [-0.3, -0.25) is 9.69 Å². The molecule has 4 nitrogen and oxygen atoms in total. The second kappa shape index (κ2) is 7.45. The number of carbonyl (C=O) groups excluding carboxylic acids is 1. The van der Waals surface area contributed by atoms with Crippen molar-refractivity contribution < 1.29 is 9.53 Å². The largest absolute Gasteiger partial charge is 0.368 e. The molecule has 2 saturated heterocycles. The van der Waals surface area contributed by atoms with Crippen LogP contribution in [0.2, 0.25) is 0 Å². The molecule has 2 fully saturated rings. The number of hydrogen-bond donors (Lipinski definition) is 1. The lowest BCUT2D eigenvalue weighted by molar-refractivity contribution is -0.132. The van der Waals surface area contributed by atoms with Gasteiger partial charge in [0.2, 0.25) is 5.91 Å². The Labute approximate surface area is 139 Å². The third kappa shape index (κ3) is 4.12. The van der Waals surface area contributed by atoms with Crippen molar-refractivity contribution in [2.24, 2.45) is 11.8 Å². The Morgan fingerprint density at radius 2 is 2.13 bits per heavy atom. The predicted molar refractivity (Wildman–Crippen MR) is 91.0 cm³/mol. The summed E-state index contributed by atoms with van der Waals surface area (Å²) in [6, 6.07) is 10.8. The summed E-state index contributed by atoms with van der Waals surface area (Å²) in [7, 11) is 0. The monoisotopic (exact) mass is 316 g/mol. The zero-order valence-electron chi connectivity index (χ0n) is 14.2. The maximum atomic E-state index is 12.3. The van der Waals surface area contributed by atoms with E-state index in [1.54, 1.807) is 0 Å². The summed E-state index contributed by atoms with van der Waals surface area (Å²) in [5.74, 6) is 0.934. The molecule has 0 bridgehead atoms. The van der Waals surface area contributed by atoms with E-state index in [4.69, 9.17) is 4.74 Å². The van der Waals surface area contributed by atoms with Crippen LogP contribution in [0.3, 0.4) is 0 Å². The average Bonchev–Trinajstić information content (AvgIpc) is 3.17. The maximum absolute atomic E-state index is 12.3. The highest BCUT2D eigenvalue weighted by atomic mass is 16.5. The Hall–Kier alpha value is -1.39. The first kappa shape index (κ1) is 16.5. The summed E-state index contributed by atoms with van der Waals surface area (Å²) in [6.45, 7) is 8.10. The fraction of sp³-hybridized carbons (Fsp3) is 0.632. The topological polar surface area (TPSA) is 41.6 Å². The minimum absolute atomic E-state index is 0.0732. The van der Waals surface area contributed by atoms with Gasteiger partial charge in [0.1, 0.15) is 6.10 Å². The molecule has 1 amide bonds. The van der Waals surface area contributed by atoms with Crippen molar-refractivity contribution in [3.63, 3.8) is 0 Å². The zero-order valence-corrected chi connectivity index (χ0v) is 14.2. The van der Waals surface area contributed by atoms with Crippen LogP contribution in [0.1, 0.15) is 32.3 Å². The first-order chi connectivity index (χ1) is 11.1. The Morgan fingerprint density at radius 3 is 2.83 bits per heavy atom. The fourth-order valence-electron chi connectivity index (χ4n) is 3.71. The fourth-order valence-corrected chi connectivity index (χ4v) is 3.71. The van der Waals surface area contributed by atoms with E-state index in [2.05, 4.69) is 54.4 Å². The van der Waals surface area contributed by atoms with Crippen LogP contribution in [-0.2, 0) is 16.1 Å². The van der Waals surface area contributed by atoms with Gasteiger partial charge in [0.25, 0.3) is 0 Å². The molecule has 3 rings (SSSR count). The van der Waals surface area contributed by atoms with E-state index >= 15 is 0 Å². The average molecular weight is 316 g/mol. The molecule has 126 valence electrons. The van der Waals surface area contributed by atoms with Crippen LogP contribution in [0.15, 0.2) is 30.3 Å². The molecule has 4 heteroatoms. The van der Waals surface area contributed by atoms with Gasteiger partial charge < -0.3 is 10.1 Å². The van der Waals surface area contributed by atoms with Crippen molar-refractivity contribution in [2.75, 3.05) is 19.7 Å². The predicted octanol–water partition coefficient (Wildman–Crippen LogP) is 2.44. The van der Waals surface area contributed by atoms with Gasteiger partial charge in [-0.05, 0) is 43.7 Å². The van der Waals surface area contributed by atoms with Crippen LogP contribution < -0.4 is 5.32 Å². The van der Waals surface area contributed by atoms with Gasteiger partial charge in [-0.25, -0.2) is 0 Å². The van der Waals surface area contributed by atoms with Gasteiger partial charge in [0.05, 0.1) is 0 Å². The van der Waals surface area contributed by atoms with Crippen molar-refractivity contribution in [3.8, 4) is 0 Å². The summed E-state index contributed by atoms with van der Waals surface area (Å²) < 4.78 is 5.57. The number of rotatable bonds is 5. The number of benzene rings is 1. The highest BCUT2D eigenvalue weighted by Gasteiger charge is 2.34. The lowest BCUT2D eigenvalue weighted by atomic mass is 9.99. The third-order valence-corrected chi connectivity index (χ3v) is 5.28.